The molecule has 0 radical (unpaired) electrons. The van der Waals surface area contributed by atoms with Crippen molar-refractivity contribution in [3.05, 3.63) is 83.2 Å². The molecule has 0 saturated carbocycles. The molecule has 0 fully saturated rings. The van der Waals surface area contributed by atoms with Gasteiger partial charge in [0, 0.05) is 12.0 Å². The predicted molar refractivity (Wildman–Crippen MR) is 102 cm³/mol. The number of ether oxygens (including phenoxy) is 1. The van der Waals surface area contributed by atoms with Crippen LogP contribution < -0.4 is 9.40 Å². The molecule has 3 rings (SSSR count). The summed E-state index contributed by atoms with van der Waals surface area (Å²) in [5, 5.41) is 0. The molecule has 1 heterocycles. The number of rotatable bonds is 5. The third kappa shape index (κ3) is 5.15. The van der Waals surface area contributed by atoms with Gasteiger partial charge in [-0.05, 0) is 47.0 Å². The van der Waals surface area contributed by atoms with Gasteiger partial charge in [-0.1, -0.05) is 24.3 Å². The molecule has 1 unspecified atom stereocenters. The first kappa shape index (κ1) is 22.2. The van der Waals surface area contributed by atoms with Crippen LogP contribution in [-0.4, -0.2) is 29.6 Å². The van der Waals surface area contributed by atoms with Crippen molar-refractivity contribution in [3.63, 3.8) is 0 Å². The van der Waals surface area contributed by atoms with Crippen molar-refractivity contribution >= 4 is 17.4 Å². The Balaban J connectivity index is 1.82. The standard InChI is InChI=1S/C22H14F6NO2/c1-13-2-8-17(18(23)12-13)20(30)21(24,25)19-9-5-15(10-11-29-19)14-3-6-16(7-4-14)31-22(26,27)28/h2-10,12,15H,1H3/q+1. The first-order chi connectivity index (χ1) is 14.5. The van der Waals surface area contributed by atoms with Crippen LogP contribution in [0.3, 0.4) is 0 Å². The van der Waals surface area contributed by atoms with Gasteiger partial charge in [-0.3, -0.25) is 4.79 Å². The third-order valence-electron chi connectivity index (χ3n) is 4.38. The first-order valence-electron chi connectivity index (χ1n) is 8.87. The fraction of sp³-hybridized carbons (Fsp3) is 0.182. The number of aryl methyl sites for hydroxylation is 1. The summed E-state index contributed by atoms with van der Waals surface area (Å²) < 4.78 is 87.4. The number of alkyl halides is 5. The van der Waals surface area contributed by atoms with E-state index in [0.717, 1.165) is 30.3 Å². The van der Waals surface area contributed by atoms with Crippen LogP contribution in [0.25, 0.3) is 0 Å². The molecule has 31 heavy (non-hydrogen) atoms. The van der Waals surface area contributed by atoms with E-state index < -0.39 is 46.8 Å². The molecule has 1 aliphatic heterocycles. The van der Waals surface area contributed by atoms with E-state index >= 15 is 0 Å². The van der Waals surface area contributed by atoms with Gasteiger partial charge >= 0.3 is 23.9 Å². The molecule has 3 nitrogen and oxygen atoms in total. The van der Waals surface area contributed by atoms with E-state index in [4.69, 9.17) is 0 Å². The lowest BCUT2D eigenvalue weighted by Crippen LogP contribution is -2.38. The lowest BCUT2D eigenvalue weighted by Gasteiger charge is -2.11. The number of Topliss-reactive ketones (excluding diaryl/α,β-unsaturated/α-hetero) is 1. The Hall–Kier alpha value is -3.54. The molecular weight excluding hydrogens is 424 g/mol. The molecule has 1 atom stereocenters. The van der Waals surface area contributed by atoms with Crippen molar-refractivity contribution in [3.8, 4) is 5.75 Å². The van der Waals surface area contributed by atoms with Crippen molar-refractivity contribution in [2.24, 2.45) is 0 Å². The lowest BCUT2D eigenvalue weighted by molar-refractivity contribution is -0.274. The summed E-state index contributed by atoms with van der Waals surface area (Å²) in [6, 6.07) is 8.10. The number of hydrogen-bond donors (Lipinski definition) is 0. The number of halogens is 6. The Labute approximate surface area is 172 Å². The second-order valence-corrected chi connectivity index (χ2v) is 6.68. The normalized spacial score (nSPS) is 16.1. The number of ketones is 1. The third-order valence-corrected chi connectivity index (χ3v) is 4.38. The van der Waals surface area contributed by atoms with Gasteiger partial charge in [-0.2, -0.15) is 8.78 Å². The van der Waals surface area contributed by atoms with Crippen molar-refractivity contribution in [2.75, 3.05) is 0 Å². The van der Waals surface area contributed by atoms with Crippen LogP contribution in [0.15, 0.2) is 60.7 Å². The summed E-state index contributed by atoms with van der Waals surface area (Å²) in [4.78, 5) is 12.3. The largest absolute Gasteiger partial charge is 0.573 e. The van der Waals surface area contributed by atoms with E-state index in [2.05, 4.69) is 15.3 Å². The summed E-state index contributed by atoms with van der Waals surface area (Å²) in [7, 11) is 0. The summed E-state index contributed by atoms with van der Waals surface area (Å²) in [5.74, 6) is -5.72. The number of allylic oxidation sites excluding steroid dienone is 3. The quantitative estimate of drug-likeness (QED) is 0.377. The maximum Gasteiger partial charge on any atom is 0.573 e. The zero-order valence-corrected chi connectivity index (χ0v) is 15.9. The summed E-state index contributed by atoms with van der Waals surface area (Å²) in [6.45, 7) is 1.55. The van der Waals surface area contributed by atoms with Crippen LogP contribution in [0, 0.1) is 12.7 Å². The van der Waals surface area contributed by atoms with Crippen LogP contribution in [0.1, 0.15) is 27.4 Å². The molecule has 0 spiro atoms. The Morgan fingerprint density at radius 2 is 1.74 bits per heavy atom. The molecule has 2 aromatic carbocycles. The van der Waals surface area contributed by atoms with E-state index in [0.29, 0.717) is 11.1 Å². The van der Waals surface area contributed by atoms with Crippen LogP contribution in [0.2, 0.25) is 0 Å². The zero-order valence-electron chi connectivity index (χ0n) is 15.9. The topological polar surface area (TPSA) is 40.4 Å². The Bertz CT molecular complexity index is 1140. The van der Waals surface area contributed by atoms with E-state index in [1.54, 1.807) is 6.92 Å². The van der Waals surface area contributed by atoms with Gasteiger partial charge in [-0.15, -0.1) is 13.2 Å². The van der Waals surface area contributed by atoms with Crippen LogP contribution in [0.5, 0.6) is 5.75 Å². The van der Waals surface area contributed by atoms with Crippen molar-refractivity contribution in [2.45, 2.75) is 25.1 Å². The second-order valence-electron chi connectivity index (χ2n) is 6.68. The molecule has 0 aromatic heterocycles. The molecule has 2 aromatic rings. The molecule has 0 amide bonds. The highest BCUT2D eigenvalue weighted by Crippen LogP contribution is 2.28. The van der Waals surface area contributed by atoms with Crippen molar-refractivity contribution in [1.29, 1.82) is 0 Å². The molecule has 0 N–H and O–H groups in total. The number of carbonyl (C=O) groups excluding carboxylic acids is 1. The molecular formula is C22H14F6NO2+. The van der Waals surface area contributed by atoms with Gasteiger partial charge in [-0.25, -0.2) is 4.39 Å². The highest BCUT2D eigenvalue weighted by molar-refractivity contribution is 6.21. The Kier molecular flexibility index (Phi) is 5.93. The number of carbonyl (C=O) groups is 1. The average molecular weight is 438 g/mol. The summed E-state index contributed by atoms with van der Waals surface area (Å²) >= 11 is 0. The minimum atomic E-state index is -4.84. The predicted octanol–water partition coefficient (Wildman–Crippen LogP) is 4.94. The monoisotopic (exact) mass is 438 g/mol. The fourth-order valence-corrected chi connectivity index (χ4v) is 2.84. The first-order valence-corrected chi connectivity index (χ1v) is 8.87. The van der Waals surface area contributed by atoms with Gasteiger partial charge in [0.05, 0.1) is 11.6 Å². The highest BCUT2D eigenvalue weighted by Gasteiger charge is 2.52. The second kappa shape index (κ2) is 8.30. The van der Waals surface area contributed by atoms with Gasteiger partial charge in [0.1, 0.15) is 11.6 Å². The maximum atomic E-state index is 14.7. The lowest BCUT2D eigenvalue weighted by atomic mass is 9.96. The smallest absolute Gasteiger partial charge is 0.406 e. The minimum Gasteiger partial charge on any atom is -0.406 e. The maximum absolute atomic E-state index is 14.7. The van der Waals surface area contributed by atoms with Crippen molar-refractivity contribution in [1.82, 2.24) is 4.67 Å². The fourth-order valence-electron chi connectivity index (χ4n) is 2.84. The van der Waals surface area contributed by atoms with Gasteiger partial charge in [0.15, 0.2) is 0 Å². The molecule has 0 aliphatic carbocycles. The summed E-state index contributed by atoms with van der Waals surface area (Å²) in [5.41, 5.74) is -0.784. The SMILES string of the molecule is Cc1ccc(C(=O)C(F)(F)C2=[N+]=C=CC(c3ccc(OC(F)(F)F)cc3)C=C2)c(F)c1. The van der Waals surface area contributed by atoms with Crippen LogP contribution in [-0.2, 0) is 0 Å². The van der Waals surface area contributed by atoms with Gasteiger partial charge < -0.3 is 4.74 Å². The molecule has 0 saturated heterocycles. The van der Waals surface area contributed by atoms with E-state index in [1.165, 1.54) is 30.4 Å². The summed E-state index contributed by atoms with van der Waals surface area (Å²) in [6.07, 6.45) is -1.35. The average Bonchev–Trinajstić information content (AvgIpc) is 2.94. The van der Waals surface area contributed by atoms with E-state index in [-0.39, 0.29) is 0 Å². The Morgan fingerprint density at radius 1 is 1.06 bits per heavy atom. The van der Waals surface area contributed by atoms with Gasteiger partial charge in [0.2, 0.25) is 5.78 Å². The highest BCUT2D eigenvalue weighted by atomic mass is 19.4. The van der Waals surface area contributed by atoms with Crippen LogP contribution in [0.4, 0.5) is 26.3 Å². The molecule has 160 valence electrons. The van der Waals surface area contributed by atoms with Gasteiger partial charge in [0.25, 0.3) is 0 Å². The number of hydrogen-bond acceptors (Lipinski definition) is 2. The molecule has 0 bridgehead atoms. The van der Waals surface area contributed by atoms with E-state index in [1.807, 2.05) is 0 Å². The Morgan fingerprint density at radius 3 is 2.35 bits per heavy atom. The zero-order chi connectivity index (χ0) is 22.8. The minimum absolute atomic E-state index is 0.434. The van der Waals surface area contributed by atoms with Crippen molar-refractivity contribution < 1.29 is 35.9 Å². The number of nitrogens with zero attached hydrogens (tertiary/aromatic N) is 1. The van der Waals surface area contributed by atoms with Crippen LogP contribution >= 0.6 is 0 Å². The molecule has 9 heteroatoms. The number of benzene rings is 2. The van der Waals surface area contributed by atoms with E-state index in [9.17, 15) is 31.1 Å². The molecule has 1 aliphatic rings.